The van der Waals surface area contributed by atoms with E-state index in [9.17, 15) is 9.59 Å². The highest BCUT2D eigenvalue weighted by Crippen LogP contribution is 2.26. The zero-order valence-corrected chi connectivity index (χ0v) is 14.0. The van der Waals surface area contributed by atoms with E-state index < -0.39 is 0 Å². The summed E-state index contributed by atoms with van der Waals surface area (Å²) in [5.41, 5.74) is 2.06. The molecule has 5 heteroatoms. The zero-order valence-electron chi connectivity index (χ0n) is 14.0. The second-order valence-corrected chi connectivity index (χ2v) is 6.72. The number of rotatable bonds is 2. The second kappa shape index (κ2) is 6.71. The molecule has 0 saturated carbocycles. The maximum atomic E-state index is 12.8. The highest BCUT2D eigenvalue weighted by molar-refractivity contribution is 6.00. The molecule has 2 aliphatic rings. The predicted molar refractivity (Wildman–Crippen MR) is 90.3 cm³/mol. The Hall–Kier alpha value is -1.88. The van der Waals surface area contributed by atoms with Crippen LogP contribution in [0.25, 0.3) is 0 Å². The van der Waals surface area contributed by atoms with Crippen LogP contribution in [-0.4, -0.2) is 61.4 Å². The van der Waals surface area contributed by atoms with E-state index in [0.29, 0.717) is 13.0 Å². The smallest absolute Gasteiger partial charge is 0.228 e. The molecule has 0 aliphatic carbocycles. The van der Waals surface area contributed by atoms with Crippen LogP contribution in [0.5, 0.6) is 0 Å². The Morgan fingerprint density at radius 3 is 2.57 bits per heavy atom. The van der Waals surface area contributed by atoms with Gasteiger partial charge in [0.15, 0.2) is 0 Å². The first-order valence-electron chi connectivity index (χ1n) is 8.39. The second-order valence-electron chi connectivity index (χ2n) is 6.72. The monoisotopic (exact) mass is 315 g/mol. The molecule has 0 radical (unpaired) electrons. The lowest BCUT2D eigenvalue weighted by atomic mass is 10.1. The summed E-state index contributed by atoms with van der Waals surface area (Å²) in [6, 6.07) is 7.92. The van der Waals surface area contributed by atoms with E-state index in [1.807, 2.05) is 36.1 Å². The third-order valence-corrected chi connectivity index (χ3v) is 4.85. The van der Waals surface area contributed by atoms with Crippen molar-refractivity contribution in [1.29, 1.82) is 0 Å². The van der Waals surface area contributed by atoms with Crippen molar-refractivity contribution >= 4 is 17.5 Å². The number of carbonyl (C=O) groups excluding carboxylic acids is 2. The van der Waals surface area contributed by atoms with Gasteiger partial charge in [0, 0.05) is 38.3 Å². The Labute approximate surface area is 137 Å². The summed E-state index contributed by atoms with van der Waals surface area (Å²) < 4.78 is 0. The molecular formula is C18H25N3O2. The third kappa shape index (κ3) is 3.55. The van der Waals surface area contributed by atoms with Crippen molar-refractivity contribution in [2.45, 2.75) is 19.8 Å². The van der Waals surface area contributed by atoms with E-state index in [1.54, 1.807) is 4.90 Å². The van der Waals surface area contributed by atoms with Gasteiger partial charge in [0.25, 0.3) is 0 Å². The Balaban J connectivity index is 1.66. The van der Waals surface area contributed by atoms with Crippen molar-refractivity contribution in [3.05, 3.63) is 29.8 Å². The van der Waals surface area contributed by atoms with Gasteiger partial charge < -0.3 is 14.7 Å². The number of anilines is 1. The summed E-state index contributed by atoms with van der Waals surface area (Å²) in [4.78, 5) is 31.0. The van der Waals surface area contributed by atoms with Crippen LogP contribution in [0.1, 0.15) is 18.4 Å². The number of nitrogens with zero attached hydrogens (tertiary/aromatic N) is 3. The number of benzene rings is 1. The fourth-order valence-corrected chi connectivity index (χ4v) is 3.37. The molecule has 1 aromatic rings. The van der Waals surface area contributed by atoms with E-state index >= 15 is 0 Å². The van der Waals surface area contributed by atoms with Crippen LogP contribution < -0.4 is 4.90 Å². The molecule has 0 N–H and O–H groups in total. The van der Waals surface area contributed by atoms with Crippen molar-refractivity contribution in [1.82, 2.24) is 9.80 Å². The SMILES string of the molecule is Cc1ccc(N2CC(C(=O)N3CCCN(C)CC3)CC2=O)cc1. The Morgan fingerprint density at radius 2 is 1.83 bits per heavy atom. The molecule has 0 spiro atoms. The Kier molecular flexibility index (Phi) is 4.66. The molecule has 0 aromatic heterocycles. The molecule has 1 unspecified atom stereocenters. The third-order valence-electron chi connectivity index (χ3n) is 4.85. The van der Waals surface area contributed by atoms with E-state index in [2.05, 4.69) is 11.9 Å². The van der Waals surface area contributed by atoms with Crippen molar-refractivity contribution in [3.8, 4) is 0 Å². The summed E-state index contributed by atoms with van der Waals surface area (Å²) in [5, 5.41) is 0. The number of hydrogen-bond donors (Lipinski definition) is 0. The maximum Gasteiger partial charge on any atom is 0.228 e. The number of amides is 2. The standard InChI is InChI=1S/C18H25N3O2/c1-14-4-6-16(7-5-14)21-13-15(12-17(21)22)18(23)20-9-3-8-19(2)10-11-20/h4-7,15H,3,8-13H2,1-2H3. The van der Waals surface area contributed by atoms with Crippen LogP contribution in [0.2, 0.25) is 0 Å². The fraction of sp³-hybridized carbons (Fsp3) is 0.556. The van der Waals surface area contributed by atoms with Crippen molar-refractivity contribution in [3.63, 3.8) is 0 Å². The molecule has 2 amide bonds. The van der Waals surface area contributed by atoms with Gasteiger partial charge in [0.2, 0.25) is 11.8 Å². The van der Waals surface area contributed by atoms with Crippen LogP contribution in [-0.2, 0) is 9.59 Å². The lowest BCUT2D eigenvalue weighted by molar-refractivity contribution is -0.135. The molecule has 1 atom stereocenters. The molecular weight excluding hydrogens is 290 g/mol. The number of aryl methyl sites for hydroxylation is 1. The van der Waals surface area contributed by atoms with Gasteiger partial charge in [-0.15, -0.1) is 0 Å². The first kappa shape index (κ1) is 16.0. The van der Waals surface area contributed by atoms with E-state index in [1.165, 1.54) is 5.56 Å². The first-order chi connectivity index (χ1) is 11.0. The minimum Gasteiger partial charge on any atom is -0.341 e. The molecule has 124 valence electrons. The molecule has 5 nitrogen and oxygen atoms in total. The van der Waals surface area contributed by atoms with Gasteiger partial charge in [-0.3, -0.25) is 9.59 Å². The van der Waals surface area contributed by atoms with Gasteiger partial charge in [-0.1, -0.05) is 17.7 Å². The van der Waals surface area contributed by atoms with Crippen molar-refractivity contribution < 1.29 is 9.59 Å². The Bertz CT molecular complexity index is 584. The predicted octanol–water partition coefficient (Wildman–Crippen LogP) is 1.51. The first-order valence-corrected chi connectivity index (χ1v) is 8.39. The molecule has 2 saturated heterocycles. The Morgan fingerprint density at radius 1 is 1.09 bits per heavy atom. The maximum absolute atomic E-state index is 12.8. The van der Waals surface area contributed by atoms with Crippen molar-refractivity contribution in [2.75, 3.05) is 44.7 Å². The highest BCUT2D eigenvalue weighted by atomic mass is 16.2. The van der Waals surface area contributed by atoms with Gasteiger partial charge >= 0.3 is 0 Å². The molecule has 1 aromatic carbocycles. The minimum atomic E-state index is -0.202. The number of carbonyl (C=O) groups is 2. The molecule has 23 heavy (non-hydrogen) atoms. The van der Waals surface area contributed by atoms with Gasteiger partial charge in [-0.2, -0.15) is 0 Å². The topological polar surface area (TPSA) is 43.9 Å². The summed E-state index contributed by atoms with van der Waals surface area (Å²) in [7, 11) is 2.09. The molecule has 2 aliphatic heterocycles. The number of hydrogen-bond acceptors (Lipinski definition) is 3. The van der Waals surface area contributed by atoms with Crippen LogP contribution in [0.3, 0.4) is 0 Å². The lowest BCUT2D eigenvalue weighted by Gasteiger charge is -2.24. The molecule has 3 rings (SSSR count). The van der Waals surface area contributed by atoms with E-state index in [-0.39, 0.29) is 17.7 Å². The highest BCUT2D eigenvalue weighted by Gasteiger charge is 2.37. The van der Waals surface area contributed by atoms with Gasteiger partial charge in [0.1, 0.15) is 0 Å². The summed E-state index contributed by atoms with van der Waals surface area (Å²) in [6.07, 6.45) is 1.34. The molecule has 2 fully saturated rings. The normalized spacial score (nSPS) is 23.2. The van der Waals surface area contributed by atoms with E-state index in [4.69, 9.17) is 0 Å². The average Bonchev–Trinajstić information content (AvgIpc) is 2.79. The van der Waals surface area contributed by atoms with E-state index in [0.717, 1.165) is 38.3 Å². The van der Waals surface area contributed by atoms with Gasteiger partial charge in [-0.05, 0) is 39.1 Å². The fourth-order valence-electron chi connectivity index (χ4n) is 3.37. The minimum absolute atomic E-state index is 0.0548. The summed E-state index contributed by atoms with van der Waals surface area (Å²) in [6.45, 7) is 6.05. The number of likely N-dealkylation sites (N-methyl/N-ethyl adjacent to an activating group) is 1. The lowest BCUT2D eigenvalue weighted by Crippen LogP contribution is -2.39. The summed E-state index contributed by atoms with van der Waals surface area (Å²) in [5.74, 6) is -0.00499. The average molecular weight is 315 g/mol. The molecule has 2 heterocycles. The van der Waals surface area contributed by atoms with Crippen LogP contribution in [0.4, 0.5) is 5.69 Å². The quantitative estimate of drug-likeness (QED) is 0.831. The largest absolute Gasteiger partial charge is 0.341 e. The van der Waals surface area contributed by atoms with Crippen LogP contribution >= 0.6 is 0 Å². The molecule has 0 bridgehead atoms. The van der Waals surface area contributed by atoms with Gasteiger partial charge in [-0.25, -0.2) is 0 Å². The summed E-state index contributed by atoms with van der Waals surface area (Å²) >= 11 is 0. The van der Waals surface area contributed by atoms with Gasteiger partial charge in [0.05, 0.1) is 5.92 Å². The zero-order chi connectivity index (χ0) is 16.4. The van der Waals surface area contributed by atoms with Crippen LogP contribution in [0, 0.1) is 12.8 Å². The van der Waals surface area contributed by atoms with Crippen molar-refractivity contribution in [2.24, 2.45) is 5.92 Å². The van der Waals surface area contributed by atoms with Crippen LogP contribution in [0.15, 0.2) is 24.3 Å².